The molecule has 0 aromatic carbocycles. The minimum absolute atomic E-state index is 0.182. The van der Waals surface area contributed by atoms with Crippen LogP contribution in [0.3, 0.4) is 0 Å². The van der Waals surface area contributed by atoms with Crippen LogP contribution in [0.5, 0.6) is 0 Å². The van der Waals surface area contributed by atoms with Gasteiger partial charge in [0.1, 0.15) is 6.04 Å². The third kappa shape index (κ3) is 4.46. The van der Waals surface area contributed by atoms with E-state index in [1.54, 1.807) is 31.2 Å². The van der Waals surface area contributed by atoms with E-state index in [4.69, 9.17) is 5.11 Å². The summed E-state index contributed by atoms with van der Waals surface area (Å²) in [4.78, 5) is 24.1. The average molecular weight is 266 g/mol. The fourth-order valence-corrected chi connectivity index (χ4v) is 1.55. The number of carboxylic acids is 1. The molecule has 19 heavy (non-hydrogen) atoms. The Labute approximate surface area is 111 Å². The zero-order valence-corrected chi connectivity index (χ0v) is 11.0. The molecule has 1 unspecified atom stereocenters. The van der Waals surface area contributed by atoms with Gasteiger partial charge in [0.05, 0.1) is 12.7 Å². The van der Waals surface area contributed by atoms with Crippen molar-refractivity contribution < 1.29 is 14.7 Å². The van der Waals surface area contributed by atoms with Crippen molar-refractivity contribution in [2.45, 2.75) is 19.0 Å². The van der Waals surface area contributed by atoms with Gasteiger partial charge in [0.2, 0.25) is 0 Å². The van der Waals surface area contributed by atoms with Crippen molar-refractivity contribution in [3.63, 3.8) is 0 Å². The van der Waals surface area contributed by atoms with Crippen LogP contribution in [0, 0.1) is 0 Å². The molecule has 0 spiro atoms. The SMILES string of the molecule is C=CCC(NC(=O)N(C)Cc1cnn(C)c1)C(=O)O. The second-order valence-corrected chi connectivity index (χ2v) is 4.24. The van der Waals surface area contributed by atoms with Crippen LogP contribution in [-0.4, -0.2) is 44.9 Å². The van der Waals surface area contributed by atoms with E-state index in [0.29, 0.717) is 6.54 Å². The van der Waals surface area contributed by atoms with Gasteiger partial charge in [-0.15, -0.1) is 6.58 Å². The molecule has 0 radical (unpaired) electrons. The topological polar surface area (TPSA) is 87.5 Å². The molecule has 0 aliphatic carbocycles. The Bertz CT molecular complexity index is 469. The lowest BCUT2D eigenvalue weighted by Crippen LogP contribution is -2.46. The summed E-state index contributed by atoms with van der Waals surface area (Å²) >= 11 is 0. The van der Waals surface area contributed by atoms with Gasteiger partial charge in [0.25, 0.3) is 0 Å². The fourth-order valence-electron chi connectivity index (χ4n) is 1.55. The van der Waals surface area contributed by atoms with E-state index >= 15 is 0 Å². The molecule has 2 amide bonds. The molecular formula is C12H18N4O3. The number of carbonyl (C=O) groups excluding carboxylic acids is 1. The summed E-state index contributed by atoms with van der Waals surface area (Å²) in [7, 11) is 3.38. The van der Waals surface area contributed by atoms with Crippen LogP contribution in [0.4, 0.5) is 4.79 Å². The lowest BCUT2D eigenvalue weighted by Gasteiger charge is -2.20. The third-order valence-corrected chi connectivity index (χ3v) is 2.52. The summed E-state index contributed by atoms with van der Waals surface area (Å²) in [5.74, 6) is -1.08. The maximum atomic E-state index is 11.8. The minimum Gasteiger partial charge on any atom is -0.480 e. The highest BCUT2D eigenvalue weighted by molar-refractivity contribution is 5.82. The normalized spacial score (nSPS) is 11.7. The van der Waals surface area contributed by atoms with Gasteiger partial charge >= 0.3 is 12.0 Å². The van der Waals surface area contributed by atoms with Crippen LogP contribution in [0.25, 0.3) is 0 Å². The molecule has 1 atom stereocenters. The minimum atomic E-state index is -1.08. The summed E-state index contributed by atoms with van der Waals surface area (Å²) in [6.07, 6.45) is 5.09. The van der Waals surface area contributed by atoms with E-state index in [0.717, 1.165) is 5.56 Å². The first-order valence-electron chi connectivity index (χ1n) is 5.77. The van der Waals surface area contributed by atoms with Gasteiger partial charge in [-0.2, -0.15) is 5.10 Å². The zero-order chi connectivity index (χ0) is 14.4. The summed E-state index contributed by atoms with van der Waals surface area (Å²) in [5, 5.41) is 15.4. The first kappa shape index (κ1) is 14.7. The first-order chi connectivity index (χ1) is 8.93. The Hall–Kier alpha value is -2.31. The van der Waals surface area contributed by atoms with Gasteiger partial charge in [-0.25, -0.2) is 9.59 Å². The van der Waals surface area contributed by atoms with E-state index in [1.807, 2.05) is 0 Å². The van der Waals surface area contributed by atoms with Crippen LogP contribution in [0.2, 0.25) is 0 Å². The highest BCUT2D eigenvalue weighted by atomic mass is 16.4. The smallest absolute Gasteiger partial charge is 0.326 e. The van der Waals surface area contributed by atoms with Crippen LogP contribution in [-0.2, 0) is 18.4 Å². The van der Waals surface area contributed by atoms with Gasteiger partial charge in [-0.05, 0) is 6.42 Å². The number of carboxylic acid groups (broad SMARTS) is 1. The van der Waals surface area contributed by atoms with Crippen molar-refractivity contribution in [3.05, 3.63) is 30.6 Å². The Morgan fingerprint density at radius 2 is 2.37 bits per heavy atom. The van der Waals surface area contributed by atoms with Crippen LogP contribution in [0.1, 0.15) is 12.0 Å². The molecule has 1 heterocycles. The average Bonchev–Trinajstić information content (AvgIpc) is 2.73. The highest BCUT2D eigenvalue weighted by Crippen LogP contribution is 2.02. The molecule has 0 aliphatic rings. The third-order valence-electron chi connectivity index (χ3n) is 2.52. The molecule has 0 fully saturated rings. The second-order valence-electron chi connectivity index (χ2n) is 4.24. The number of rotatable bonds is 6. The predicted molar refractivity (Wildman–Crippen MR) is 69.4 cm³/mol. The van der Waals surface area contributed by atoms with Crippen molar-refractivity contribution >= 4 is 12.0 Å². The molecule has 7 nitrogen and oxygen atoms in total. The number of hydrogen-bond donors (Lipinski definition) is 2. The molecule has 1 rings (SSSR count). The lowest BCUT2D eigenvalue weighted by atomic mass is 10.2. The summed E-state index contributed by atoms with van der Waals surface area (Å²) in [6, 6.07) is -1.40. The van der Waals surface area contributed by atoms with Crippen LogP contribution in [0.15, 0.2) is 25.0 Å². The van der Waals surface area contributed by atoms with Crippen molar-refractivity contribution in [2.24, 2.45) is 7.05 Å². The van der Waals surface area contributed by atoms with Gasteiger partial charge in [-0.1, -0.05) is 6.08 Å². The van der Waals surface area contributed by atoms with Gasteiger partial charge in [-0.3, -0.25) is 4.68 Å². The van der Waals surface area contributed by atoms with Crippen molar-refractivity contribution in [2.75, 3.05) is 7.05 Å². The number of aliphatic carboxylic acids is 1. The number of nitrogens with one attached hydrogen (secondary N) is 1. The Kier molecular flexibility index (Phi) is 5.11. The Morgan fingerprint density at radius 3 is 2.84 bits per heavy atom. The van der Waals surface area contributed by atoms with Crippen LogP contribution >= 0.6 is 0 Å². The maximum absolute atomic E-state index is 11.8. The molecule has 0 bridgehead atoms. The summed E-state index contributed by atoms with van der Waals surface area (Å²) < 4.78 is 1.64. The standard InChI is InChI=1S/C12H18N4O3/c1-4-5-10(11(17)18)14-12(19)15(2)7-9-6-13-16(3)8-9/h4,6,8,10H,1,5,7H2,2-3H3,(H,14,19)(H,17,18). The molecule has 1 aromatic rings. The monoisotopic (exact) mass is 266 g/mol. The Morgan fingerprint density at radius 1 is 1.68 bits per heavy atom. The maximum Gasteiger partial charge on any atom is 0.326 e. The van der Waals surface area contributed by atoms with Gasteiger partial charge in [0, 0.05) is 25.9 Å². The van der Waals surface area contributed by atoms with E-state index in [1.165, 1.54) is 11.0 Å². The number of amides is 2. The van der Waals surface area contributed by atoms with Crippen molar-refractivity contribution in [1.29, 1.82) is 0 Å². The molecule has 0 aliphatic heterocycles. The molecule has 0 saturated heterocycles. The van der Waals surface area contributed by atoms with Crippen LogP contribution < -0.4 is 5.32 Å². The number of nitrogens with zero attached hydrogens (tertiary/aromatic N) is 3. The number of aryl methyl sites for hydroxylation is 1. The van der Waals surface area contributed by atoms with Crippen molar-refractivity contribution in [1.82, 2.24) is 20.0 Å². The quantitative estimate of drug-likeness (QED) is 0.738. The predicted octanol–water partition coefficient (Wildman–Crippen LogP) is 0.591. The Balaban J connectivity index is 2.56. The van der Waals surface area contributed by atoms with Gasteiger partial charge in [0.15, 0.2) is 0 Å². The van der Waals surface area contributed by atoms with E-state index in [-0.39, 0.29) is 6.42 Å². The molecule has 0 saturated carbocycles. The van der Waals surface area contributed by atoms with E-state index in [9.17, 15) is 9.59 Å². The molecule has 104 valence electrons. The van der Waals surface area contributed by atoms with Crippen molar-refractivity contribution in [3.8, 4) is 0 Å². The first-order valence-corrected chi connectivity index (χ1v) is 5.77. The van der Waals surface area contributed by atoms with E-state index in [2.05, 4.69) is 17.0 Å². The highest BCUT2D eigenvalue weighted by Gasteiger charge is 2.20. The number of hydrogen-bond acceptors (Lipinski definition) is 3. The fraction of sp³-hybridized carbons (Fsp3) is 0.417. The largest absolute Gasteiger partial charge is 0.480 e. The summed E-state index contributed by atoms with van der Waals surface area (Å²) in [6.45, 7) is 3.83. The zero-order valence-electron chi connectivity index (χ0n) is 11.0. The molecule has 7 heteroatoms. The number of aromatic nitrogens is 2. The number of carbonyl (C=O) groups is 2. The number of urea groups is 1. The molecule has 1 aromatic heterocycles. The van der Waals surface area contributed by atoms with E-state index < -0.39 is 18.0 Å². The molecule has 2 N–H and O–H groups in total. The van der Waals surface area contributed by atoms with Gasteiger partial charge < -0.3 is 15.3 Å². The second kappa shape index (κ2) is 6.58. The molecular weight excluding hydrogens is 248 g/mol. The summed E-state index contributed by atoms with van der Waals surface area (Å²) in [5.41, 5.74) is 0.871. The lowest BCUT2D eigenvalue weighted by molar-refractivity contribution is -0.139.